The highest BCUT2D eigenvalue weighted by Gasteiger charge is 2.27. The first-order chi connectivity index (χ1) is 12.0. The monoisotopic (exact) mass is 354 g/mol. The average Bonchev–Trinajstić information content (AvgIpc) is 3.01. The summed E-state index contributed by atoms with van der Waals surface area (Å²) in [5, 5.41) is 6.50. The van der Waals surface area contributed by atoms with Gasteiger partial charge in [0.25, 0.3) is 0 Å². The Bertz CT molecular complexity index is 560. The number of hydrogen-bond donors (Lipinski definition) is 2. The molecular weight excluding hydrogens is 326 g/mol. The first-order valence-electron chi connectivity index (χ1n) is 8.75. The van der Waals surface area contributed by atoms with E-state index in [4.69, 9.17) is 4.74 Å². The molecule has 1 unspecified atom stereocenters. The zero-order valence-electron chi connectivity index (χ0n) is 15.2. The van der Waals surface area contributed by atoms with Crippen molar-refractivity contribution in [3.8, 4) is 0 Å². The van der Waals surface area contributed by atoms with Crippen molar-refractivity contribution in [2.45, 2.75) is 26.3 Å². The van der Waals surface area contributed by atoms with Gasteiger partial charge in [0.2, 0.25) is 0 Å². The molecule has 140 valence electrons. The van der Waals surface area contributed by atoms with Crippen molar-refractivity contribution in [2.24, 2.45) is 10.9 Å². The van der Waals surface area contributed by atoms with Crippen molar-refractivity contribution in [3.63, 3.8) is 0 Å². The van der Waals surface area contributed by atoms with E-state index < -0.39 is 11.6 Å². The summed E-state index contributed by atoms with van der Waals surface area (Å²) < 4.78 is 33.3. The van der Waals surface area contributed by atoms with E-state index >= 15 is 0 Å². The van der Waals surface area contributed by atoms with E-state index in [1.54, 1.807) is 11.9 Å². The molecule has 0 bridgehead atoms. The predicted molar refractivity (Wildman–Crippen MR) is 97.1 cm³/mol. The molecule has 0 radical (unpaired) electrons. The fourth-order valence-electron chi connectivity index (χ4n) is 2.82. The van der Waals surface area contributed by atoms with Crippen LogP contribution in [0.3, 0.4) is 0 Å². The molecule has 2 N–H and O–H groups in total. The van der Waals surface area contributed by atoms with Crippen LogP contribution in [-0.4, -0.2) is 51.9 Å². The molecular formula is C18H28F2N4O. The van der Waals surface area contributed by atoms with Crippen LogP contribution in [0.15, 0.2) is 23.2 Å². The summed E-state index contributed by atoms with van der Waals surface area (Å²) in [5.74, 6) is 0.144. The normalized spacial score (nSPS) is 18.1. The molecule has 1 aromatic rings. The number of hydrogen-bond acceptors (Lipinski definition) is 3. The van der Waals surface area contributed by atoms with E-state index in [0.717, 1.165) is 13.0 Å². The fourth-order valence-corrected chi connectivity index (χ4v) is 2.82. The maximum absolute atomic E-state index is 13.9. The van der Waals surface area contributed by atoms with Crippen LogP contribution in [0.4, 0.5) is 14.5 Å². The van der Waals surface area contributed by atoms with Gasteiger partial charge in [0.05, 0.1) is 6.61 Å². The minimum Gasteiger partial charge on any atom is -0.379 e. The first-order valence-corrected chi connectivity index (χ1v) is 8.75. The smallest absolute Gasteiger partial charge is 0.191 e. The maximum atomic E-state index is 13.9. The summed E-state index contributed by atoms with van der Waals surface area (Å²) in [6, 6.07) is 4.04. The molecule has 1 aromatic carbocycles. The van der Waals surface area contributed by atoms with Gasteiger partial charge in [-0.25, -0.2) is 8.78 Å². The molecule has 7 heteroatoms. The predicted octanol–water partition coefficient (Wildman–Crippen LogP) is 2.38. The minimum atomic E-state index is -0.523. The van der Waals surface area contributed by atoms with E-state index in [2.05, 4.69) is 29.5 Å². The number of rotatable bonds is 7. The van der Waals surface area contributed by atoms with Gasteiger partial charge < -0.3 is 20.3 Å². The maximum Gasteiger partial charge on any atom is 0.191 e. The molecule has 1 fully saturated rings. The molecule has 25 heavy (non-hydrogen) atoms. The van der Waals surface area contributed by atoms with Crippen LogP contribution in [0.2, 0.25) is 0 Å². The van der Waals surface area contributed by atoms with Crippen LogP contribution in [0.1, 0.15) is 20.3 Å². The van der Waals surface area contributed by atoms with Gasteiger partial charge in [0.1, 0.15) is 17.3 Å². The third-order valence-electron chi connectivity index (χ3n) is 4.00. The van der Waals surface area contributed by atoms with Crippen LogP contribution in [0.5, 0.6) is 0 Å². The highest BCUT2D eigenvalue weighted by Crippen LogP contribution is 2.26. The summed E-state index contributed by atoms with van der Waals surface area (Å²) in [6.45, 7) is 7.35. The molecule has 0 aromatic heterocycles. The van der Waals surface area contributed by atoms with Gasteiger partial charge in [-0.05, 0) is 24.5 Å². The Morgan fingerprint density at radius 1 is 1.36 bits per heavy atom. The largest absolute Gasteiger partial charge is 0.379 e. The quantitative estimate of drug-likeness (QED) is 0.448. The lowest BCUT2D eigenvalue weighted by Gasteiger charge is -2.21. The number of nitrogens with one attached hydrogen (secondary N) is 2. The second-order valence-electron chi connectivity index (χ2n) is 6.61. The number of guanidine groups is 1. The molecule has 2 rings (SSSR count). The Kier molecular flexibility index (Phi) is 7.43. The SMILES string of the molecule is CN=C(NCCOCC(C)C)NC1CCN(c2c(F)cccc2F)C1. The Balaban J connectivity index is 1.79. The van der Waals surface area contributed by atoms with E-state index in [0.29, 0.717) is 38.1 Å². The van der Waals surface area contributed by atoms with Crippen LogP contribution >= 0.6 is 0 Å². The highest BCUT2D eigenvalue weighted by molar-refractivity contribution is 5.80. The zero-order chi connectivity index (χ0) is 18.2. The van der Waals surface area contributed by atoms with Gasteiger partial charge >= 0.3 is 0 Å². The second kappa shape index (κ2) is 9.56. The molecule has 1 saturated heterocycles. The summed E-state index contributed by atoms with van der Waals surface area (Å²) in [7, 11) is 1.70. The first kappa shape index (κ1) is 19.4. The number of para-hydroxylation sites is 1. The summed E-state index contributed by atoms with van der Waals surface area (Å²) in [6.07, 6.45) is 0.790. The number of ether oxygens (including phenoxy) is 1. The number of nitrogens with zero attached hydrogens (tertiary/aromatic N) is 2. The fraction of sp³-hybridized carbons (Fsp3) is 0.611. The van der Waals surface area contributed by atoms with Gasteiger partial charge in [-0.3, -0.25) is 4.99 Å². The molecule has 0 spiro atoms. The Labute approximate surface area is 148 Å². The van der Waals surface area contributed by atoms with Gasteiger partial charge in [-0.15, -0.1) is 0 Å². The van der Waals surface area contributed by atoms with Crippen LogP contribution < -0.4 is 15.5 Å². The van der Waals surface area contributed by atoms with Crippen molar-refractivity contribution in [3.05, 3.63) is 29.8 Å². The van der Waals surface area contributed by atoms with Crippen LogP contribution in [0.25, 0.3) is 0 Å². The number of aliphatic imine (C=N–C) groups is 1. The number of anilines is 1. The third kappa shape index (κ3) is 5.85. The zero-order valence-corrected chi connectivity index (χ0v) is 15.2. The minimum absolute atomic E-state index is 0.0526. The molecule has 1 aliphatic heterocycles. The van der Waals surface area contributed by atoms with E-state index in [9.17, 15) is 8.78 Å². The Morgan fingerprint density at radius 2 is 2.08 bits per heavy atom. The summed E-state index contributed by atoms with van der Waals surface area (Å²) >= 11 is 0. The van der Waals surface area contributed by atoms with E-state index in [1.807, 2.05) is 0 Å². The Hall–Kier alpha value is -1.89. The Morgan fingerprint density at radius 3 is 2.72 bits per heavy atom. The van der Waals surface area contributed by atoms with Gasteiger partial charge in [0, 0.05) is 39.3 Å². The highest BCUT2D eigenvalue weighted by atomic mass is 19.1. The molecule has 0 saturated carbocycles. The second-order valence-corrected chi connectivity index (χ2v) is 6.61. The van der Waals surface area contributed by atoms with Crippen LogP contribution in [-0.2, 0) is 4.74 Å². The number of benzene rings is 1. The molecule has 0 amide bonds. The van der Waals surface area contributed by atoms with Crippen molar-refractivity contribution in [2.75, 3.05) is 44.8 Å². The molecule has 0 aliphatic carbocycles. The lowest BCUT2D eigenvalue weighted by molar-refractivity contribution is 0.114. The lowest BCUT2D eigenvalue weighted by Crippen LogP contribution is -2.45. The van der Waals surface area contributed by atoms with Crippen LogP contribution in [0, 0.1) is 17.6 Å². The molecule has 5 nitrogen and oxygen atoms in total. The molecule has 1 heterocycles. The van der Waals surface area contributed by atoms with Gasteiger partial charge in [-0.2, -0.15) is 0 Å². The van der Waals surface area contributed by atoms with E-state index in [1.165, 1.54) is 18.2 Å². The summed E-state index contributed by atoms with van der Waals surface area (Å²) in [4.78, 5) is 5.93. The van der Waals surface area contributed by atoms with E-state index in [-0.39, 0.29) is 11.7 Å². The van der Waals surface area contributed by atoms with Crippen molar-refractivity contribution < 1.29 is 13.5 Å². The molecule has 1 atom stereocenters. The van der Waals surface area contributed by atoms with Gasteiger partial charge in [0.15, 0.2) is 5.96 Å². The summed E-state index contributed by atoms with van der Waals surface area (Å²) in [5.41, 5.74) is 0.0526. The average molecular weight is 354 g/mol. The lowest BCUT2D eigenvalue weighted by atomic mass is 10.2. The van der Waals surface area contributed by atoms with Crippen molar-refractivity contribution >= 4 is 11.6 Å². The standard InChI is InChI=1S/C18H28F2N4O/c1-13(2)12-25-10-8-22-18(21-3)23-14-7-9-24(11-14)17-15(19)5-4-6-16(17)20/h4-6,13-14H,7-12H2,1-3H3,(H2,21,22,23). The topological polar surface area (TPSA) is 48.9 Å². The van der Waals surface area contributed by atoms with Crippen molar-refractivity contribution in [1.29, 1.82) is 0 Å². The molecule has 1 aliphatic rings. The van der Waals surface area contributed by atoms with Gasteiger partial charge in [-0.1, -0.05) is 19.9 Å². The number of halogens is 2. The third-order valence-corrected chi connectivity index (χ3v) is 4.00. The van der Waals surface area contributed by atoms with Crippen molar-refractivity contribution in [1.82, 2.24) is 10.6 Å².